The lowest BCUT2D eigenvalue weighted by Crippen LogP contribution is -1.83. The second kappa shape index (κ2) is 2.29. The number of rotatable bonds is 0. The molecule has 0 spiro atoms. The number of aromatic nitrogens is 3. The van der Waals surface area contributed by atoms with E-state index in [4.69, 9.17) is 0 Å². The van der Waals surface area contributed by atoms with Crippen LogP contribution in [0.15, 0.2) is 42.9 Å². The van der Waals surface area contributed by atoms with Crippen LogP contribution in [-0.4, -0.2) is 14.4 Å². The maximum absolute atomic E-state index is 4.42. The van der Waals surface area contributed by atoms with Crippen LogP contribution in [0.4, 0.5) is 0 Å². The average molecular weight is 169 g/mol. The Morgan fingerprint density at radius 1 is 1.15 bits per heavy atom. The third-order valence-electron chi connectivity index (χ3n) is 2.11. The zero-order valence-electron chi connectivity index (χ0n) is 6.88. The Bertz CT molecular complexity index is 518. The molecule has 0 amide bonds. The van der Waals surface area contributed by atoms with Crippen LogP contribution >= 0.6 is 0 Å². The van der Waals surface area contributed by atoms with Crippen molar-refractivity contribution in [2.45, 2.75) is 0 Å². The molecule has 1 aromatic carbocycles. The van der Waals surface area contributed by atoms with E-state index in [0.717, 1.165) is 16.7 Å². The highest BCUT2D eigenvalue weighted by Gasteiger charge is 2.00. The van der Waals surface area contributed by atoms with E-state index in [9.17, 15) is 0 Å². The maximum Gasteiger partial charge on any atom is 0.156 e. The van der Waals surface area contributed by atoms with Gasteiger partial charge in [-0.3, -0.25) is 9.38 Å². The zero-order chi connectivity index (χ0) is 8.67. The Labute approximate surface area is 74.7 Å². The normalized spacial score (nSPS) is 11.1. The van der Waals surface area contributed by atoms with Gasteiger partial charge in [-0.05, 0) is 12.1 Å². The van der Waals surface area contributed by atoms with E-state index in [1.54, 1.807) is 12.4 Å². The molecule has 3 heteroatoms. The summed E-state index contributed by atoms with van der Waals surface area (Å²) in [6.07, 6.45) is 5.45. The third-order valence-corrected chi connectivity index (χ3v) is 2.11. The van der Waals surface area contributed by atoms with Crippen molar-refractivity contribution in [2.24, 2.45) is 0 Å². The molecule has 0 aliphatic heterocycles. The number of fused-ring (bicyclic) bond motifs is 3. The van der Waals surface area contributed by atoms with E-state index in [-0.39, 0.29) is 0 Å². The van der Waals surface area contributed by atoms with Gasteiger partial charge in [0.2, 0.25) is 0 Å². The molecule has 2 aromatic heterocycles. The molecule has 2 heterocycles. The molecule has 0 fully saturated rings. The van der Waals surface area contributed by atoms with Crippen LogP contribution in [0, 0.1) is 0 Å². The monoisotopic (exact) mass is 169 g/mol. The Hall–Kier alpha value is -1.90. The number of para-hydroxylation sites is 2. The molecule has 0 bridgehead atoms. The highest BCUT2D eigenvalue weighted by atomic mass is 15.0. The summed E-state index contributed by atoms with van der Waals surface area (Å²) in [4.78, 5) is 8.44. The minimum atomic E-state index is 0.892. The number of benzene rings is 1. The Morgan fingerprint density at radius 3 is 3.08 bits per heavy atom. The smallest absolute Gasteiger partial charge is 0.156 e. The molecule has 0 unspecified atom stereocenters. The molecule has 3 nitrogen and oxygen atoms in total. The first-order chi connectivity index (χ1) is 6.45. The molecule has 0 saturated heterocycles. The summed E-state index contributed by atoms with van der Waals surface area (Å²) < 4.78 is 2.03. The fraction of sp³-hybridized carbons (Fsp3) is 0. The summed E-state index contributed by atoms with van der Waals surface area (Å²) in [5, 5.41) is 0. The molecular formula is C10H7N3. The van der Waals surface area contributed by atoms with Gasteiger partial charge < -0.3 is 0 Å². The van der Waals surface area contributed by atoms with Crippen molar-refractivity contribution >= 4 is 16.7 Å². The van der Waals surface area contributed by atoms with Gasteiger partial charge in [-0.1, -0.05) is 12.1 Å². The van der Waals surface area contributed by atoms with Crippen LogP contribution in [0.1, 0.15) is 0 Å². The van der Waals surface area contributed by atoms with Gasteiger partial charge in [0.1, 0.15) is 0 Å². The molecular weight excluding hydrogens is 162 g/mol. The van der Waals surface area contributed by atoms with Crippen molar-refractivity contribution in [1.82, 2.24) is 14.4 Å². The summed E-state index contributed by atoms with van der Waals surface area (Å²) in [6.45, 7) is 0. The van der Waals surface area contributed by atoms with E-state index >= 15 is 0 Å². The van der Waals surface area contributed by atoms with Crippen LogP contribution in [0.3, 0.4) is 0 Å². The SMILES string of the molecule is c1ccc2c(c1)nc1cnccn12. The van der Waals surface area contributed by atoms with Crippen LogP contribution in [0.2, 0.25) is 0 Å². The van der Waals surface area contributed by atoms with E-state index in [1.807, 2.05) is 28.8 Å². The van der Waals surface area contributed by atoms with Crippen molar-refractivity contribution in [3.05, 3.63) is 42.9 Å². The summed E-state index contributed by atoms with van der Waals surface area (Å²) >= 11 is 0. The lowest BCUT2D eigenvalue weighted by Gasteiger charge is -1.91. The minimum absolute atomic E-state index is 0.892. The first-order valence-electron chi connectivity index (χ1n) is 4.12. The summed E-state index contributed by atoms with van der Waals surface area (Å²) in [7, 11) is 0. The van der Waals surface area contributed by atoms with E-state index in [0.29, 0.717) is 0 Å². The molecule has 0 atom stereocenters. The number of hydrogen-bond acceptors (Lipinski definition) is 2. The first-order valence-corrected chi connectivity index (χ1v) is 4.12. The summed E-state index contributed by atoms with van der Waals surface area (Å²) in [5.41, 5.74) is 3.03. The highest BCUT2D eigenvalue weighted by molar-refractivity contribution is 5.79. The van der Waals surface area contributed by atoms with Gasteiger partial charge in [-0.15, -0.1) is 0 Å². The second-order valence-electron chi connectivity index (χ2n) is 2.91. The van der Waals surface area contributed by atoms with E-state index in [1.165, 1.54) is 0 Å². The van der Waals surface area contributed by atoms with E-state index in [2.05, 4.69) is 16.0 Å². The Kier molecular flexibility index (Phi) is 1.16. The fourth-order valence-corrected chi connectivity index (χ4v) is 1.53. The largest absolute Gasteiger partial charge is 0.297 e. The summed E-state index contributed by atoms with van der Waals surface area (Å²) in [6, 6.07) is 8.05. The molecule has 0 aliphatic rings. The molecule has 62 valence electrons. The zero-order valence-corrected chi connectivity index (χ0v) is 6.88. The summed E-state index contributed by atoms with van der Waals surface area (Å²) in [5.74, 6) is 0. The van der Waals surface area contributed by atoms with Gasteiger partial charge in [0.15, 0.2) is 5.65 Å². The number of nitrogens with zero attached hydrogens (tertiary/aromatic N) is 3. The van der Waals surface area contributed by atoms with Crippen LogP contribution in [0.5, 0.6) is 0 Å². The van der Waals surface area contributed by atoms with Crippen LogP contribution in [0.25, 0.3) is 16.7 Å². The second-order valence-corrected chi connectivity index (χ2v) is 2.91. The average Bonchev–Trinajstić information content (AvgIpc) is 2.56. The van der Waals surface area contributed by atoms with Crippen molar-refractivity contribution in [1.29, 1.82) is 0 Å². The lowest BCUT2D eigenvalue weighted by molar-refractivity contribution is 1.15. The van der Waals surface area contributed by atoms with Crippen molar-refractivity contribution < 1.29 is 0 Å². The molecule has 0 N–H and O–H groups in total. The lowest BCUT2D eigenvalue weighted by atomic mass is 10.3. The minimum Gasteiger partial charge on any atom is -0.297 e. The molecule has 3 aromatic rings. The molecule has 0 saturated carbocycles. The van der Waals surface area contributed by atoms with Gasteiger partial charge in [-0.2, -0.15) is 0 Å². The fourth-order valence-electron chi connectivity index (χ4n) is 1.53. The van der Waals surface area contributed by atoms with Crippen LogP contribution < -0.4 is 0 Å². The highest BCUT2D eigenvalue weighted by Crippen LogP contribution is 2.14. The third kappa shape index (κ3) is 0.839. The number of imidazole rings is 1. The molecule has 13 heavy (non-hydrogen) atoms. The molecule has 0 radical (unpaired) electrons. The number of hydrogen-bond donors (Lipinski definition) is 0. The first kappa shape index (κ1) is 6.60. The standard InChI is InChI=1S/C10H7N3/c1-2-4-9-8(3-1)12-10-7-11-5-6-13(9)10/h1-7H. The predicted octanol–water partition coefficient (Wildman–Crippen LogP) is 1.88. The quantitative estimate of drug-likeness (QED) is 0.514. The van der Waals surface area contributed by atoms with Gasteiger partial charge in [0.25, 0.3) is 0 Å². The molecule has 0 aliphatic carbocycles. The van der Waals surface area contributed by atoms with Crippen molar-refractivity contribution in [3.8, 4) is 0 Å². The molecule has 3 rings (SSSR count). The maximum atomic E-state index is 4.42. The van der Waals surface area contributed by atoms with Gasteiger partial charge in [-0.25, -0.2) is 4.98 Å². The van der Waals surface area contributed by atoms with Gasteiger partial charge in [0, 0.05) is 12.4 Å². The van der Waals surface area contributed by atoms with Gasteiger partial charge >= 0.3 is 0 Å². The topological polar surface area (TPSA) is 30.2 Å². The predicted molar refractivity (Wildman–Crippen MR) is 50.5 cm³/mol. The van der Waals surface area contributed by atoms with Crippen LogP contribution in [-0.2, 0) is 0 Å². The Morgan fingerprint density at radius 2 is 2.08 bits per heavy atom. The van der Waals surface area contributed by atoms with Crippen molar-refractivity contribution in [2.75, 3.05) is 0 Å². The van der Waals surface area contributed by atoms with E-state index < -0.39 is 0 Å². The Balaban J connectivity index is 2.64. The van der Waals surface area contributed by atoms with Gasteiger partial charge in [0.05, 0.1) is 17.2 Å². The van der Waals surface area contributed by atoms with Crippen molar-refractivity contribution in [3.63, 3.8) is 0 Å².